The van der Waals surface area contributed by atoms with Crippen molar-refractivity contribution in [2.24, 2.45) is 10.9 Å². The van der Waals surface area contributed by atoms with Gasteiger partial charge in [-0.2, -0.15) is 5.10 Å². The number of aryl methyl sites for hydroxylation is 1. The van der Waals surface area contributed by atoms with Gasteiger partial charge in [0.25, 0.3) is 0 Å². The minimum Gasteiger partial charge on any atom is -0.381 e. The molecule has 0 amide bonds. The maximum absolute atomic E-state index is 5.44. The molecule has 0 radical (unpaired) electrons. The van der Waals surface area contributed by atoms with Crippen molar-refractivity contribution in [1.29, 1.82) is 0 Å². The van der Waals surface area contributed by atoms with Gasteiger partial charge >= 0.3 is 0 Å². The Morgan fingerprint density at radius 1 is 1.57 bits per heavy atom. The Labute approximate surface area is 127 Å². The van der Waals surface area contributed by atoms with E-state index in [1.54, 1.807) is 0 Å². The first-order valence-electron chi connectivity index (χ1n) is 7.84. The topological polar surface area (TPSA) is 54.7 Å². The summed E-state index contributed by atoms with van der Waals surface area (Å²) in [5, 5.41) is 7.56. The number of nitrogens with one attached hydrogen (secondary N) is 1. The van der Waals surface area contributed by atoms with Crippen molar-refractivity contribution in [2.75, 3.05) is 39.9 Å². The predicted octanol–water partition coefficient (Wildman–Crippen LogP) is 1.21. The Kier molecular flexibility index (Phi) is 6.53. The fraction of sp³-hybridized carbons (Fsp3) is 0.733. The molecule has 1 unspecified atom stereocenters. The summed E-state index contributed by atoms with van der Waals surface area (Å²) in [6.45, 7) is 7.50. The molecule has 2 rings (SSSR count). The van der Waals surface area contributed by atoms with Gasteiger partial charge in [0.1, 0.15) is 0 Å². The van der Waals surface area contributed by atoms with Gasteiger partial charge < -0.3 is 15.0 Å². The van der Waals surface area contributed by atoms with Crippen LogP contribution >= 0.6 is 0 Å². The van der Waals surface area contributed by atoms with Crippen molar-refractivity contribution in [3.8, 4) is 0 Å². The van der Waals surface area contributed by atoms with Crippen LogP contribution in [0.3, 0.4) is 0 Å². The molecular weight excluding hydrogens is 266 g/mol. The molecule has 1 aromatic heterocycles. The molecule has 0 saturated carbocycles. The second kappa shape index (κ2) is 8.67. The third-order valence-electron chi connectivity index (χ3n) is 3.62. The van der Waals surface area contributed by atoms with E-state index >= 15 is 0 Å². The average Bonchev–Trinajstić information content (AvgIpc) is 3.15. The molecule has 2 heterocycles. The Balaban J connectivity index is 1.76. The van der Waals surface area contributed by atoms with Gasteiger partial charge in [-0.1, -0.05) is 0 Å². The largest absolute Gasteiger partial charge is 0.381 e. The summed E-state index contributed by atoms with van der Waals surface area (Å²) >= 11 is 0. The van der Waals surface area contributed by atoms with E-state index in [0.29, 0.717) is 5.92 Å². The molecule has 1 N–H and O–H groups in total. The lowest BCUT2D eigenvalue weighted by atomic mass is 10.1. The van der Waals surface area contributed by atoms with Gasteiger partial charge in [-0.25, -0.2) is 0 Å². The summed E-state index contributed by atoms with van der Waals surface area (Å²) in [5.74, 6) is 1.62. The van der Waals surface area contributed by atoms with Gasteiger partial charge in [0.15, 0.2) is 5.96 Å². The van der Waals surface area contributed by atoms with E-state index in [4.69, 9.17) is 9.73 Å². The zero-order valence-corrected chi connectivity index (χ0v) is 13.2. The number of rotatable bonds is 7. The van der Waals surface area contributed by atoms with Gasteiger partial charge in [-0.05, 0) is 25.8 Å². The summed E-state index contributed by atoms with van der Waals surface area (Å²) in [6.07, 6.45) is 5.95. The Bertz CT molecular complexity index is 412. The van der Waals surface area contributed by atoms with Crippen LogP contribution < -0.4 is 5.32 Å². The Morgan fingerprint density at radius 2 is 2.48 bits per heavy atom. The number of hydrogen-bond donors (Lipinski definition) is 1. The maximum atomic E-state index is 5.44. The molecule has 6 nitrogen and oxygen atoms in total. The molecule has 0 spiro atoms. The van der Waals surface area contributed by atoms with Crippen LogP contribution in [0, 0.1) is 5.92 Å². The van der Waals surface area contributed by atoms with Crippen LogP contribution in [0.2, 0.25) is 0 Å². The molecule has 1 fully saturated rings. The van der Waals surface area contributed by atoms with Crippen molar-refractivity contribution >= 4 is 5.96 Å². The third kappa shape index (κ3) is 5.38. The summed E-state index contributed by atoms with van der Waals surface area (Å²) in [5.41, 5.74) is 0. The minimum absolute atomic E-state index is 0.628. The number of aliphatic imine (C=N–C) groups is 1. The lowest BCUT2D eigenvalue weighted by Gasteiger charge is -2.24. The van der Waals surface area contributed by atoms with Crippen LogP contribution in [0.15, 0.2) is 23.5 Å². The van der Waals surface area contributed by atoms with Gasteiger partial charge in [0.2, 0.25) is 0 Å². The van der Waals surface area contributed by atoms with Crippen molar-refractivity contribution in [3.05, 3.63) is 18.5 Å². The van der Waals surface area contributed by atoms with Crippen LogP contribution in [-0.4, -0.2) is 60.5 Å². The summed E-state index contributed by atoms with van der Waals surface area (Å²) in [4.78, 5) is 6.92. The van der Waals surface area contributed by atoms with Gasteiger partial charge in [-0.3, -0.25) is 9.67 Å². The molecule has 0 bridgehead atoms. The lowest BCUT2D eigenvalue weighted by Crippen LogP contribution is -2.41. The first-order chi connectivity index (χ1) is 10.3. The summed E-state index contributed by atoms with van der Waals surface area (Å²) in [6, 6.07) is 1.95. The van der Waals surface area contributed by atoms with Crippen molar-refractivity contribution < 1.29 is 4.74 Å². The van der Waals surface area contributed by atoms with E-state index in [1.165, 1.54) is 0 Å². The molecule has 1 saturated heterocycles. The van der Waals surface area contributed by atoms with Crippen molar-refractivity contribution in [1.82, 2.24) is 20.0 Å². The standard InChI is InChI=1S/C15H27N5O/c1-3-16-15(19(2)12-14-6-11-21-13-14)17-7-4-9-20-10-5-8-18-20/h5,8,10,14H,3-4,6-7,9,11-13H2,1-2H3,(H,16,17). The second-order valence-corrected chi connectivity index (χ2v) is 5.47. The molecule has 6 heteroatoms. The van der Waals surface area contributed by atoms with E-state index in [-0.39, 0.29) is 0 Å². The number of ether oxygens (including phenoxy) is 1. The highest BCUT2D eigenvalue weighted by Gasteiger charge is 2.18. The van der Waals surface area contributed by atoms with E-state index in [1.807, 2.05) is 23.1 Å². The highest BCUT2D eigenvalue weighted by Crippen LogP contribution is 2.13. The number of aromatic nitrogens is 2. The first kappa shape index (κ1) is 15.8. The SMILES string of the molecule is CCNC(=NCCCn1cccn1)N(C)CC1CCOC1. The quantitative estimate of drug-likeness (QED) is 0.466. The van der Waals surface area contributed by atoms with Crippen LogP contribution in [0.1, 0.15) is 19.8 Å². The zero-order chi connectivity index (χ0) is 14.9. The summed E-state index contributed by atoms with van der Waals surface area (Å²) in [7, 11) is 2.10. The first-order valence-corrected chi connectivity index (χ1v) is 7.84. The maximum Gasteiger partial charge on any atom is 0.193 e. The molecule has 1 aromatic rings. The van der Waals surface area contributed by atoms with Crippen molar-refractivity contribution in [3.63, 3.8) is 0 Å². The molecule has 118 valence electrons. The third-order valence-corrected chi connectivity index (χ3v) is 3.62. The van der Waals surface area contributed by atoms with E-state index in [2.05, 4.69) is 29.3 Å². The Morgan fingerprint density at radius 3 is 3.14 bits per heavy atom. The van der Waals surface area contributed by atoms with Gasteiger partial charge in [-0.15, -0.1) is 0 Å². The average molecular weight is 293 g/mol. The molecule has 0 aromatic carbocycles. The van der Waals surface area contributed by atoms with Crippen LogP contribution in [0.25, 0.3) is 0 Å². The highest BCUT2D eigenvalue weighted by atomic mass is 16.5. The van der Waals surface area contributed by atoms with Crippen LogP contribution in [-0.2, 0) is 11.3 Å². The lowest BCUT2D eigenvalue weighted by molar-refractivity contribution is 0.181. The molecule has 1 atom stereocenters. The van der Waals surface area contributed by atoms with Gasteiger partial charge in [0, 0.05) is 58.1 Å². The predicted molar refractivity (Wildman–Crippen MR) is 84.4 cm³/mol. The minimum atomic E-state index is 0.628. The number of guanidine groups is 1. The van der Waals surface area contributed by atoms with Crippen molar-refractivity contribution in [2.45, 2.75) is 26.3 Å². The molecular formula is C15H27N5O. The van der Waals surface area contributed by atoms with Crippen LogP contribution in [0.5, 0.6) is 0 Å². The van der Waals surface area contributed by atoms with E-state index < -0.39 is 0 Å². The molecule has 0 aliphatic carbocycles. The second-order valence-electron chi connectivity index (χ2n) is 5.47. The fourth-order valence-electron chi connectivity index (χ4n) is 2.52. The number of hydrogen-bond acceptors (Lipinski definition) is 3. The Hall–Kier alpha value is -1.56. The molecule has 1 aliphatic rings. The van der Waals surface area contributed by atoms with Gasteiger partial charge in [0.05, 0.1) is 6.61 Å². The molecule has 1 aliphatic heterocycles. The highest BCUT2D eigenvalue weighted by molar-refractivity contribution is 5.79. The monoisotopic (exact) mass is 293 g/mol. The zero-order valence-electron chi connectivity index (χ0n) is 13.2. The van der Waals surface area contributed by atoms with E-state index in [9.17, 15) is 0 Å². The fourth-order valence-corrected chi connectivity index (χ4v) is 2.52. The summed E-state index contributed by atoms with van der Waals surface area (Å²) < 4.78 is 7.39. The normalized spacial score (nSPS) is 19.0. The van der Waals surface area contributed by atoms with E-state index in [0.717, 1.165) is 58.2 Å². The number of nitrogens with zero attached hydrogens (tertiary/aromatic N) is 4. The smallest absolute Gasteiger partial charge is 0.193 e. The molecule has 21 heavy (non-hydrogen) atoms. The van der Waals surface area contributed by atoms with Crippen LogP contribution in [0.4, 0.5) is 0 Å².